The Morgan fingerprint density at radius 3 is 2.76 bits per heavy atom. The number of ether oxygens (including phenoxy) is 1. The van der Waals surface area contributed by atoms with Gasteiger partial charge < -0.3 is 10.5 Å². The molecule has 1 aromatic rings. The summed E-state index contributed by atoms with van der Waals surface area (Å²) in [6, 6.07) is 0. The second kappa shape index (κ2) is 6.28. The third-order valence-electron chi connectivity index (χ3n) is 1.67. The Balaban J connectivity index is 2.82. The van der Waals surface area contributed by atoms with Crippen molar-refractivity contribution in [2.45, 2.75) is 6.92 Å². The number of nitrogen functional groups attached to an aromatic ring is 1. The standard InChI is InChI=1S/C9H9Cl2FN2O2S/c1-2-17-4(15)3-16-9-6(11)7(13)5(10)8(12)14-9/h2-3H2,1H3,(H2,13,14). The maximum Gasteiger partial charge on any atom is 0.238 e. The minimum Gasteiger partial charge on any atom is -0.467 e. The molecule has 0 fully saturated rings. The van der Waals surface area contributed by atoms with Crippen LogP contribution in [0.1, 0.15) is 6.92 Å². The van der Waals surface area contributed by atoms with Crippen molar-refractivity contribution in [1.29, 1.82) is 0 Å². The minimum atomic E-state index is -0.987. The summed E-state index contributed by atoms with van der Waals surface area (Å²) >= 11 is 12.3. The molecule has 1 heterocycles. The van der Waals surface area contributed by atoms with E-state index >= 15 is 0 Å². The van der Waals surface area contributed by atoms with E-state index in [1.54, 1.807) is 0 Å². The summed E-state index contributed by atoms with van der Waals surface area (Å²) in [4.78, 5) is 14.6. The van der Waals surface area contributed by atoms with Crippen molar-refractivity contribution in [3.05, 3.63) is 16.0 Å². The number of aromatic nitrogens is 1. The molecule has 0 aromatic carbocycles. The summed E-state index contributed by atoms with van der Waals surface area (Å²) in [5.74, 6) is -0.601. The molecule has 0 aliphatic rings. The minimum absolute atomic E-state index is 0.106. The molecule has 0 unspecified atom stereocenters. The molecule has 0 radical (unpaired) electrons. The highest BCUT2D eigenvalue weighted by Crippen LogP contribution is 2.35. The van der Waals surface area contributed by atoms with Crippen LogP contribution in [0, 0.1) is 5.95 Å². The van der Waals surface area contributed by atoms with E-state index in [0.29, 0.717) is 5.75 Å². The maximum absolute atomic E-state index is 13.1. The van der Waals surface area contributed by atoms with Crippen molar-refractivity contribution in [2.24, 2.45) is 0 Å². The molecular formula is C9H9Cl2FN2O2S. The number of carbonyl (C=O) groups excluding carboxylic acids is 1. The number of halogens is 3. The van der Waals surface area contributed by atoms with Gasteiger partial charge in [-0.05, 0) is 5.75 Å². The number of pyridine rings is 1. The lowest BCUT2D eigenvalue weighted by Gasteiger charge is -2.09. The Kier molecular flexibility index (Phi) is 5.30. The number of hydrogen-bond donors (Lipinski definition) is 1. The molecule has 2 N–H and O–H groups in total. The topological polar surface area (TPSA) is 65.2 Å². The third kappa shape index (κ3) is 3.62. The van der Waals surface area contributed by atoms with Crippen LogP contribution in [0.3, 0.4) is 0 Å². The molecule has 0 amide bonds. The summed E-state index contributed by atoms with van der Waals surface area (Å²) < 4.78 is 18.1. The van der Waals surface area contributed by atoms with Gasteiger partial charge in [-0.25, -0.2) is 0 Å². The van der Waals surface area contributed by atoms with Gasteiger partial charge in [0.2, 0.25) is 16.9 Å². The number of rotatable bonds is 4. The second-order valence-corrected chi connectivity index (χ2v) is 4.92. The molecular weight excluding hydrogens is 290 g/mol. The van der Waals surface area contributed by atoms with Crippen LogP contribution in [0.4, 0.5) is 10.1 Å². The van der Waals surface area contributed by atoms with E-state index in [-0.39, 0.29) is 33.3 Å². The number of carbonyl (C=O) groups is 1. The van der Waals surface area contributed by atoms with Crippen LogP contribution < -0.4 is 10.5 Å². The molecule has 94 valence electrons. The summed E-state index contributed by atoms with van der Waals surface area (Å²) in [5.41, 5.74) is 5.27. The van der Waals surface area contributed by atoms with Gasteiger partial charge in [-0.2, -0.15) is 9.37 Å². The number of hydrogen-bond acceptors (Lipinski definition) is 5. The fraction of sp³-hybridized carbons (Fsp3) is 0.333. The van der Waals surface area contributed by atoms with E-state index in [2.05, 4.69) is 4.98 Å². The average Bonchev–Trinajstić information content (AvgIpc) is 2.30. The second-order valence-electron chi connectivity index (χ2n) is 2.84. The lowest BCUT2D eigenvalue weighted by atomic mass is 10.4. The number of nitrogens with zero attached hydrogens (tertiary/aromatic N) is 1. The van der Waals surface area contributed by atoms with Crippen molar-refractivity contribution in [3.8, 4) is 5.88 Å². The Hall–Kier alpha value is -0.720. The molecule has 1 aromatic heterocycles. The number of thioether (sulfide) groups is 1. The average molecular weight is 299 g/mol. The van der Waals surface area contributed by atoms with Crippen LogP contribution in [0.5, 0.6) is 5.88 Å². The van der Waals surface area contributed by atoms with Crippen molar-refractivity contribution < 1.29 is 13.9 Å². The van der Waals surface area contributed by atoms with Gasteiger partial charge in [-0.15, -0.1) is 0 Å². The number of nitrogens with two attached hydrogens (primary N) is 1. The molecule has 0 atom stereocenters. The normalized spacial score (nSPS) is 10.4. The highest BCUT2D eigenvalue weighted by molar-refractivity contribution is 8.13. The summed E-state index contributed by atoms with van der Waals surface area (Å²) in [5, 5.41) is -0.679. The zero-order chi connectivity index (χ0) is 13.0. The monoisotopic (exact) mass is 298 g/mol. The first-order valence-electron chi connectivity index (χ1n) is 4.55. The van der Waals surface area contributed by atoms with Crippen LogP contribution in [0.15, 0.2) is 0 Å². The first kappa shape index (κ1) is 14.3. The summed E-state index contributed by atoms with van der Waals surface area (Å²) in [7, 11) is 0. The molecule has 0 aliphatic heterocycles. The number of anilines is 1. The van der Waals surface area contributed by atoms with E-state index < -0.39 is 5.95 Å². The van der Waals surface area contributed by atoms with Gasteiger partial charge in [-0.1, -0.05) is 41.9 Å². The molecule has 8 heteroatoms. The van der Waals surface area contributed by atoms with Crippen LogP contribution >= 0.6 is 35.0 Å². The fourth-order valence-electron chi connectivity index (χ4n) is 0.936. The third-order valence-corrected chi connectivity index (χ3v) is 3.13. The SMILES string of the molecule is CCSC(=O)COc1nc(F)c(Cl)c(N)c1Cl. The van der Waals surface area contributed by atoms with Crippen LogP contribution in [-0.4, -0.2) is 22.5 Å². The fourth-order valence-corrected chi connectivity index (χ4v) is 1.78. The van der Waals surface area contributed by atoms with Crippen LogP contribution in [0.25, 0.3) is 0 Å². The zero-order valence-electron chi connectivity index (χ0n) is 8.80. The highest BCUT2D eigenvalue weighted by Gasteiger charge is 2.17. The Morgan fingerprint density at radius 1 is 1.53 bits per heavy atom. The predicted molar refractivity (Wildman–Crippen MR) is 67.3 cm³/mol. The first-order chi connectivity index (χ1) is 7.97. The van der Waals surface area contributed by atoms with E-state index in [0.717, 1.165) is 11.8 Å². The van der Waals surface area contributed by atoms with Gasteiger partial charge >= 0.3 is 0 Å². The van der Waals surface area contributed by atoms with E-state index in [4.69, 9.17) is 33.7 Å². The van der Waals surface area contributed by atoms with Gasteiger partial charge in [0.25, 0.3) is 0 Å². The van der Waals surface area contributed by atoms with Gasteiger partial charge in [0.1, 0.15) is 10.0 Å². The Morgan fingerprint density at radius 2 is 2.18 bits per heavy atom. The van der Waals surface area contributed by atoms with E-state index in [1.807, 2.05) is 6.92 Å². The predicted octanol–water partition coefficient (Wildman–Crippen LogP) is 2.77. The Bertz CT molecular complexity index is 445. The molecule has 0 aliphatic carbocycles. The van der Waals surface area contributed by atoms with Gasteiger partial charge in [0, 0.05) is 0 Å². The van der Waals surface area contributed by atoms with E-state index in [1.165, 1.54) is 0 Å². The lowest BCUT2D eigenvalue weighted by molar-refractivity contribution is -0.112. The maximum atomic E-state index is 13.1. The quantitative estimate of drug-likeness (QED) is 0.866. The summed E-state index contributed by atoms with van der Waals surface area (Å²) in [6.07, 6.45) is 0. The van der Waals surface area contributed by atoms with Gasteiger partial charge in [0.05, 0.1) is 5.69 Å². The zero-order valence-corrected chi connectivity index (χ0v) is 11.1. The van der Waals surface area contributed by atoms with Crippen molar-refractivity contribution in [2.75, 3.05) is 18.1 Å². The van der Waals surface area contributed by atoms with Crippen molar-refractivity contribution >= 4 is 45.8 Å². The molecule has 17 heavy (non-hydrogen) atoms. The van der Waals surface area contributed by atoms with Crippen LogP contribution in [-0.2, 0) is 4.79 Å². The molecule has 0 saturated carbocycles. The van der Waals surface area contributed by atoms with Crippen molar-refractivity contribution in [1.82, 2.24) is 4.98 Å². The largest absolute Gasteiger partial charge is 0.467 e. The molecule has 0 saturated heterocycles. The first-order valence-corrected chi connectivity index (χ1v) is 6.29. The lowest BCUT2D eigenvalue weighted by Crippen LogP contribution is -2.10. The highest BCUT2D eigenvalue weighted by atomic mass is 35.5. The smallest absolute Gasteiger partial charge is 0.238 e. The van der Waals surface area contributed by atoms with Crippen LogP contribution in [0.2, 0.25) is 10.0 Å². The Labute approximate surface area is 112 Å². The van der Waals surface area contributed by atoms with Gasteiger partial charge in [0.15, 0.2) is 6.61 Å². The summed E-state index contributed by atoms with van der Waals surface area (Å²) in [6.45, 7) is 1.57. The molecule has 0 bridgehead atoms. The van der Waals surface area contributed by atoms with E-state index in [9.17, 15) is 9.18 Å². The van der Waals surface area contributed by atoms with Gasteiger partial charge in [-0.3, -0.25) is 4.79 Å². The molecule has 0 spiro atoms. The van der Waals surface area contributed by atoms with Crippen molar-refractivity contribution in [3.63, 3.8) is 0 Å². The molecule has 1 rings (SSSR count). The molecule has 4 nitrogen and oxygen atoms in total.